The van der Waals surface area contributed by atoms with Gasteiger partial charge in [0.25, 0.3) is 5.91 Å². The Hall–Kier alpha value is -3.87. The number of fused-ring (bicyclic) bond motifs is 1. The number of halogens is 4. The van der Waals surface area contributed by atoms with E-state index in [9.17, 15) is 27.2 Å². The smallest absolute Gasteiger partial charge is 0.332 e. The second-order valence-electron chi connectivity index (χ2n) is 9.61. The zero-order valence-electron chi connectivity index (χ0n) is 19.4. The first-order valence-electron chi connectivity index (χ1n) is 11.7. The molecule has 192 valence electrons. The summed E-state index contributed by atoms with van der Waals surface area (Å²) in [5, 5.41) is 7.83. The first-order valence-corrected chi connectivity index (χ1v) is 11.7. The van der Waals surface area contributed by atoms with Gasteiger partial charge in [-0.1, -0.05) is 6.58 Å². The van der Waals surface area contributed by atoms with E-state index in [-0.39, 0.29) is 25.0 Å². The number of amides is 2. The van der Waals surface area contributed by atoms with Crippen LogP contribution in [0.3, 0.4) is 0 Å². The Morgan fingerprint density at radius 3 is 2.49 bits per heavy atom. The lowest BCUT2D eigenvalue weighted by Gasteiger charge is -2.39. The molecule has 0 aromatic carbocycles. The number of nitrogens with one attached hydrogen (secondary N) is 1. The molecule has 6 heterocycles. The number of aromatic nitrogens is 4. The minimum absolute atomic E-state index is 0.0108. The molecule has 0 unspecified atom stereocenters. The molecule has 6 rings (SSSR count). The third-order valence-electron chi connectivity index (χ3n) is 7.35. The molecule has 1 N–H and O–H groups in total. The Balaban J connectivity index is 1.45. The number of hydrogen-bond donors (Lipinski definition) is 1. The van der Waals surface area contributed by atoms with Crippen molar-refractivity contribution in [3.05, 3.63) is 48.7 Å². The summed E-state index contributed by atoms with van der Waals surface area (Å²) in [6, 6.07) is 3.50. The number of anilines is 1. The molecule has 0 aliphatic carbocycles. The van der Waals surface area contributed by atoms with Crippen LogP contribution >= 0.6 is 0 Å². The van der Waals surface area contributed by atoms with Crippen LogP contribution in [0.15, 0.2) is 43.0 Å². The summed E-state index contributed by atoms with van der Waals surface area (Å²) in [5.41, 5.74) is 0.627. The lowest BCUT2D eigenvalue weighted by Crippen LogP contribution is -2.57. The molecule has 3 aromatic rings. The van der Waals surface area contributed by atoms with Crippen molar-refractivity contribution in [2.75, 3.05) is 37.6 Å². The monoisotopic (exact) mass is 515 g/mol. The van der Waals surface area contributed by atoms with Crippen molar-refractivity contribution in [3.8, 4) is 11.3 Å². The molecule has 13 heteroatoms. The molecule has 3 aliphatic heterocycles. The predicted octanol–water partition coefficient (Wildman–Crippen LogP) is 2.70. The average Bonchev–Trinajstić information content (AvgIpc) is 3.36. The highest BCUT2D eigenvalue weighted by molar-refractivity contribution is 6.08. The summed E-state index contributed by atoms with van der Waals surface area (Å²) in [5.74, 6) is -1.89. The highest BCUT2D eigenvalue weighted by Gasteiger charge is 2.51. The fourth-order valence-electron chi connectivity index (χ4n) is 5.18. The normalized spacial score (nSPS) is 19.4. The molecule has 0 saturated carbocycles. The Bertz CT molecular complexity index is 1440. The van der Waals surface area contributed by atoms with Gasteiger partial charge in [-0.3, -0.25) is 24.2 Å². The molecule has 9 nitrogen and oxygen atoms in total. The molecule has 3 fully saturated rings. The maximum Gasteiger partial charge on any atom is 0.433 e. The largest absolute Gasteiger partial charge is 0.433 e. The van der Waals surface area contributed by atoms with Gasteiger partial charge in [0.1, 0.15) is 22.4 Å². The minimum atomic E-state index is -4.59. The highest BCUT2D eigenvalue weighted by Crippen LogP contribution is 2.42. The van der Waals surface area contributed by atoms with Crippen LogP contribution in [-0.4, -0.2) is 69.2 Å². The van der Waals surface area contributed by atoms with Crippen LogP contribution in [0.2, 0.25) is 0 Å². The third-order valence-corrected chi connectivity index (χ3v) is 7.35. The van der Waals surface area contributed by atoms with Crippen molar-refractivity contribution >= 4 is 28.5 Å². The molecule has 1 spiro atoms. The third kappa shape index (κ3) is 3.59. The number of carbonyl (C=O) groups excluding carboxylic acids is 2. The van der Waals surface area contributed by atoms with Gasteiger partial charge in [0.2, 0.25) is 5.91 Å². The molecule has 3 saturated heterocycles. The molecule has 37 heavy (non-hydrogen) atoms. The molecular weight excluding hydrogens is 494 g/mol. The standard InChI is InChI=1S/C24H21F4N7O2/c1-13(25)21(36)33-9-15(10-33)35-20-16(34-7-5-23(22(34)37)11-29-12-23)4-6-30-19(20)18(32-35)14-2-3-17(31-8-14)24(26,27)28/h2-4,6,8,15,29H,1,5,7,9-12H2. The van der Waals surface area contributed by atoms with Gasteiger partial charge in [0, 0.05) is 50.7 Å². The van der Waals surface area contributed by atoms with Crippen LogP contribution in [-0.2, 0) is 15.8 Å². The summed E-state index contributed by atoms with van der Waals surface area (Å²) in [6.07, 6.45) is -1.28. The SMILES string of the molecule is C=C(F)C(=O)N1CC(n2nc(-c3ccc(C(F)(F)F)nc3)c3nccc(N4CCC5(CNC5)C4=O)c32)C1. The molecule has 3 aromatic heterocycles. The van der Waals surface area contributed by atoms with E-state index in [0.29, 0.717) is 54.0 Å². The van der Waals surface area contributed by atoms with E-state index in [1.807, 2.05) is 0 Å². The number of alkyl halides is 3. The Labute approximate surface area is 207 Å². The number of carbonyl (C=O) groups is 2. The second-order valence-corrected chi connectivity index (χ2v) is 9.61. The first-order chi connectivity index (χ1) is 17.6. The summed E-state index contributed by atoms with van der Waals surface area (Å²) in [4.78, 5) is 36.3. The lowest BCUT2D eigenvalue weighted by atomic mass is 9.80. The molecule has 0 bridgehead atoms. The van der Waals surface area contributed by atoms with E-state index in [2.05, 4.69) is 27.0 Å². The second kappa shape index (κ2) is 8.07. The van der Waals surface area contributed by atoms with E-state index in [4.69, 9.17) is 0 Å². The van der Waals surface area contributed by atoms with E-state index >= 15 is 0 Å². The van der Waals surface area contributed by atoms with E-state index in [1.54, 1.807) is 15.6 Å². The summed E-state index contributed by atoms with van der Waals surface area (Å²) in [6.45, 7) is 5.06. The van der Waals surface area contributed by atoms with Gasteiger partial charge in [-0.25, -0.2) is 4.39 Å². The molecule has 0 radical (unpaired) electrons. The summed E-state index contributed by atoms with van der Waals surface area (Å²) >= 11 is 0. The fraction of sp³-hybridized carbons (Fsp3) is 0.375. The van der Waals surface area contributed by atoms with Crippen LogP contribution in [0.5, 0.6) is 0 Å². The van der Waals surface area contributed by atoms with Crippen molar-refractivity contribution in [1.29, 1.82) is 0 Å². The Morgan fingerprint density at radius 1 is 1.16 bits per heavy atom. The average molecular weight is 515 g/mol. The Kier molecular flexibility index (Phi) is 5.13. The highest BCUT2D eigenvalue weighted by atomic mass is 19.4. The van der Waals surface area contributed by atoms with E-state index in [1.165, 1.54) is 17.2 Å². The van der Waals surface area contributed by atoms with Crippen LogP contribution in [0.4, 0.5) is 23.2 Å². The number of pyridine rings is 2. The fourth-order valence-corrected chi connectivity index (χ4v) is 5.18. The summed E-state index contributed by atoms with van der Waals surface area (Å²) in [7, 11) is 0. The van der Waals surface area contributed by atoms with Gasteiger partial charge < -0.3 is 15.1 Å². The van der Waals surface area contributed by atoms with Crippen LogP contribution in [0.25, 0.3) is 22.3 Å². The van der Waals surface area contributed by atoms with Crippen LogP contribution < -0.4 is 10.2 Å². The van der Waals surface area contributed by atoms with E-state index < -0.39 is 29.0 Å². The van der Waals surface area contributed by atoms with Gasteiger partial charge in [-0.15, -0.1) is 0 Å². The zero-order chi connectivity index (χ0) is 26.1. The molecule has 0 atom stereocenters. The number of hydrogen-bond acceptors (Lipinski definition) is 6. The summed E-state index contributed by atoms with van der Waals surface area (Å²) < 4.78 is 54.2. The van der Waals surface area contributed by atoms with Gasteiger partial charge in [0.05, 0.1) is 17.1 Å². The van der Waals surface area contributed by atoms with Crippen LogP contribution in [0.1, 0.15) is 18.2 Å². The van der Waals surface area contributed by atoms with Crippen molar-refractivity contribution < 1.29 is 27.2 Å². The predicted molar refractivity (Wildman–Crippen MR) is 124 cm³/mol. The van der Waals surface area contributed by atoms with Gasteiger partial charge in [-0.2, -0.15) is 18.3 Å². The van der Waals surface area contributed by atoms with Crippen molar-refractivity contribution in [2.24, 2.45) is 5.41 Å². The first kappa shape index (κ1) is 23.5. The van der Waals surface area contributed by atoms with Crippen molar-refractivity contribution in [3.63, 3.8) is 0 Å². The number of rotatable bonds is 4. The number of likely N-dealkylation sites (tertiary alicyclic amines) is 1. The molecule has 3 aliphatic rings. The zero-order valence-corrected chi connectivity index (χ0v) is 19.4. The molecule has 2 amide bonds. The van der Waals surface area contributed by atoms with Gasteiger partial charge in [0.15, 0.2) is 5.83 Å². The maximum absolute atomic E-state index is 13.4. The van der Waals surface area contributed by atoms with Crippen molar-refractivity contribution in [1.82, 2.24) is 30.0 Å². The molecular formula is C24H21F4N7O2. The van der Waals surface area contributed by atoms with Gasteiger partial charge in [-0.05, 0) is 24.6 Å². The minimum Gasteiger partial charge on any atom is -0.332 e. The maximum atomic E-state index is 13.4. The van der Waals surface area contributed by atoms with Crippen LogP contribution in [0, 0.1) is 5.41 Å². The van der Waals surface area contributed by atoms with Gasteiger partial charge >= 0.3 is 6.18 Å². The Morgan fingerprint density at radius 2 is 1.92 bits per heavy atom. The lowest BCUT2D eigenvalue weighted by molar-refractivity contribution is -0.141. The van der Waals surface area contributed by atoms with E-state index in [0.717, 1.165) is 12.3 Å². The number of nitrogens with zero attached hydrogens (tertiary/aromatic N) is 6. The topological polar surface area (TPSA) is 96.2 Å². The quantitative estimate of drug-likeness (QED) is 0.424. The van der Waals surface area contributed by atoms with Crippen molar-refractivity contribution in [2.45, 2.75) is 18.6 Å².